The maximum absolute atomic E-state index is 12.9. The molecule has 2 aliphatic heterocycles. The van der Waals surface area contributed by atoms with Gasteiger partial charge < -0.3 is 15.1 Å². The van der Waals surface area contributed by atoms with Gasteiger partial charge in [0, 0.05) is 51.4 Å². The molecule has 2 aliphatic rings. The molecule has 31 heavy (non-hydrogen) atoms. The largest absolute Gasteiger partial charge is 0.374 e. The molecule has 6 nitrogen and oxygen atoms in total. The summed E-state index contributed by atoms with van der Waals surface area (Å²) in [6.07, 6.45) is 1.43. The summed E-state index contributed by atoms with van der Waals surface area (Å²) in [6, 6.07) is 15.6. The number of anilines is 2. The van der Waals surface area contributed by atoms with E-state index >= 15 is 0 Å². The van der Waals surface area contributed by atoms with E-state index in [1.165, 1.54) is 5.56 Å². The lowest BCUT2D eigenvalue weighted by molar-refractivity contribution is -0.133. The Morgan fingerprint density at radius 2 is 1.81 bits per heavy atom. The molecule has 0 saturated carbocycles. The molecule has 0 spiro atoms. The summed E-state index contributed by atoms with van der Waals surface area (Å²) in [5.74, 6) is 0.201. The topological polar surface area (TPSA) is 55.9 Å². The van der Waals surface area contributed by atoms with E-state index in [1.54, 1.807) is 11.0 Å². The van der Waals surface area contributed by atoms with Gasteiger partial charge in [0.25, 0.3) is 0 Å². The van der Waals surface area contributed by atoms with Gasteiger partial charge in [-0.3, -0.25) is 14.5 Å². The number of halogens is 1. The molecule has 1 N–H and O–H groups in total. The first-order valence-corrected chi connectivity index (χ1v) is 11.3. The average molecular weight is 441 g/mol. The van der Waals surface area contributed by atoms with E-state index in [-0.39, 0.29) is 17.9 Å². The minimum atomic E-state index is -0.351. The van der Waals surface area contributed by atoms with Crippen LogP contribution in [0.15, 0.2) is 48.5 Å². The zero-order valence-corrected chi connectivity index (χ0v) is 18.6. The molecule has 2 amide bonds. The fraction of sp³-hybridized carbons (Fsp3) is 0.417. The number of hydrogen-bond acceptors (Lipinski definition) is 4. The quantitative estimate of drug-likeness (QED) is 0.745. The highest BCUT2D eigenvalue weighted by Gasteiger charge is 2.26. The number of hydrogen-bond donors (Lipinski definition) is 1. The van der Waals surface area contributed by atoms with Crippen molar-refractivity contribution in [2.45, 2.75) is 32.4 Å². The highest BCUT2D eigenvalue weighted by molar-refractivity contribution is 6.34. The molecule has 4 rings (SSSR count). The van der Waals surface area contributed by atoms with E-state index in [4.69, 9.17) is 11.6 Å². The minimum absolute atomic E-state index is 0.0919. The molecule has 2 heterocycles. The Morgan fingerprint density at radius 1 is 1.06 bits per heavy atom. The fourth-order valence-corrected chi connectivity index (χ4v) is 4.55. The van der Waals surface area contributed by atoms with Gasteiger partial charge in [-0.2, -0.15) is 0 Å². The van der Waals surface area contributed by atoms with Crippen LogP contribution in [0.2, 0.25) is 5.02 Å². The van der Waals surface area contributed by atoms with Gasteiger partial charge in [-0.1, -0.05) is 41.9 Å². The summed E-state index contributed by atoms with van der Waals surface area (Å²) in [6.45, 7) is 6.71. The maximum atomic E-state index is 12.9. The molecule has 2 aromatic rings. The summed E-state index contributed by atoms with van der Waals surface area (Å²) < 4.78 is 0. The summed E-state index contributed by atoms with van der Waals surface area (Å²) >= 11 is 6.43. The second kappa shape index (κ2) is 9.71. The molecule has 0 aromatic heterocycles. The van der Waals surface area contributed by atoms with E-state index in [2.05, 4.69) is 34.5 Å². The molecule has 164 valence electrons. The SMILES string of the molecule is C[C@@H](Nc1ccc(N2CCCC2=O)c(Cl)c1)C(=O)N1CCN(Cc2ccccc2)CC1. The van der Waals surface area contributed by atoms with E-state index in [9.17, 15) is 9.59 Å². The van der Waals surface area contributed by atoms with Crippen LogP contribution in [0, 0.1) is 0 Å². The van der Waals surface area contributed by atoms with E-state index < -0.39 is 0 Å². The van der Waals surface area contributed by atoms with Crippen LogP contribution < -0.4 is 10.2 Å². The molecular formula is C24H29ClN4O2. The van der Waals surface area contributed by atoms with Gasteiger partial charge in [-0.05, 0) is 37.1 Å². The average Bonchev–Trinajstić information content (AvgIpc) is 3.20. The molecule has 2 saturated heterocycles. The highest BCUT2D eigenvalue weighted by Crippen LogP contribution is 2.32. The molecule has 1 atom stereocenters. The molecular weight excluding hydrogens is 412 g/mol. The molecule has 0 aliphatic carbocycles. The summed E-state index contributed by atoms with van der Waals surface area (Å²) in [7, 11) is 0. The molecule has 0 radical (unpaired) electrons. The van der Waals surface area contributed by atoms with Crippen molar-refractivity contribution in [3.05, 3.63) is 59.1 Å². The number of carbonyl (C=O) groups excluding carboxylic acids is 2. The van der Waals surface area contributed by atoms with Crippen molar-refractivity contribution in [1.29, 1.82) is 0 Å². The summed E-state index contributed by atoms with van der Waals surface area (Å²) in [4.78, 5) is 31.0. The fourth-order valence-electron chi connectivity index (χ4n) is 4.27. The van der Waals surface area contributed by atoms with Gasteiger partial charge in [0.1, 0.15) is 6.04 Å². The Bertz CT molecular complexity index is 928. The van der Waals surface area contributed by atoms with Gasteiger partial charge in [-0.25, -0.2) is 0 Å². The third-order valence-corrected chi connectivity index (χ3v) is 6.30. The second-order valence-electron chi connectivity index (χ2n) is 8.27. The van der Waals surface area contributed by atoms with Crippen LogP contribution in [0.4, 0.5) is 11.4 Å². The summed E-state index contributed by atoms with van der Waals surface area (Å²) in [5.41, 5.74) is 2.82. The Hall–Kier alpha value is -2.57. The van der Waals surface area contributed by atoms with Crippen LogP contribution in [0.25, 0.3) is 0 Å². The van der Waals surface area contributed by atoms with Gasteiger partial charge in [-0.15, -0.1) is 0 Å². The van der Waals surface area contributed by atoms with Crippen LogP contribution >= 0.6 is 11.6 Å². The Balaban J connectivity index is 1.30. The third kappa shape index (κ3) is 5.20. The minimum Gasteiger partial charge on any atom is -0.374 e. The first-order valence-electron chi connectivity index (χ1n) is 10.9. The highest BCUT2D eigenvalue weighted by atomic mass is 35.5. The van der Waals surface area contributed by atoms with Crippen molar-refractivity contribution in [2.75, 3.05) is 42.9 Å². The predicted molar refractivity (Wildman–Crippen MR) is 124 cm³/mol. The number of benzene rings is 2. The first kappa shape index (κ1) is 21.7. The van der Waals surface area contributed by atoms with Crippen LogP contribution in [-0.2, 0) is 16.1 Å². The molecule has 2 fully saturated rings. The van der Waals surface area contributed by atoms with Crippen LogP contribution in [0.5, 0.6) is 0 Å². The molecule has 2 aromatic carbocycles. The van der Waals surface area contributed by atoms with E-state index in [1.807, 2.05) is 30.0 Å². The van der Waals surface area contributed by atoms with Crippen LogP contribution in [0.3, 0.4) is 0 Å². The predicted octanol–water partition coefficient (Wildman–Crippen LogP) is 3.61. The van der Waals surface area contributed by atoms with Crippen molar-refractivity contribution >= 4 is 34.8 Å². The number of nitrogens with one attached hydrogen (secondary N) is 1. The standard InChI is InChI=1S/C24H29ClN4O2/c1-18(26-20-9-10-22(21(25)16-20)29-11-5-8-23(29)30)24(31)28-14-12-27(13-15-28)17-19-6-3-2-4-7-19/h2-4,6-7,9-10,16,18,26H,5,8,11-15,17H2,1H3/t18-/m1/s1. The van der Waals surface area contributed by atoms with Crippen molar-refractivity contribution in [1.82, 2.24) is 9.80 Å². The second-order valence-corrected chi connectivity index (χ2v) is 8.68. The molecule has 0 bridgehead atoms. The molecule has 7 heteroatoms. The first-order chi connectivity index (χ1) is 15.0. The number of piperazine rings is 1. The Morgan fingerprint density at radius 3 is 2.45 bits per heavy atom. The third-order valence-electron chi connectivity index (χ3n) is 6.00. The lowest BCUT2D eigenvalue weighted by Gasteiger charge is -2.36. The normalized spacial score (nSPS) is 18.3. The zero-order valence-electron chi connectivity index (χ0n) is 17.9. The van der Waals surface area contributed by atoms with Gasteiger partial charge in [0.05, 0.1) is 10.7 Å². The van der Waals surface area contributed by atoms with Gasteiger partial charge in [0.15, 0.2) is 0 Å². The monoisotopic (exact) mass is 440 g/mol. The smallest absolute Gasteiger partial charge is 0.244 e. The number of amides is 2. The van der Waals surface area contributed by atoms with Gasteiger partial charge >= 0.3 is 0 Å². The summed E-state index contributed by atoms with van der Waals surface area (Å²) in [5, 5.41) is 3.79. The number of rotatable bonds is 6. The van der Waals surface area contributed by atoms with E-state index in [0.29, 0.717) is 18.0 Å². The maximum Gasteiger partial charge on any atom is 0.244 e. The Labute approximate surface area is 188 Å². The van der Waals surface area contributed by atoms with Crippen molar-refractivity contribution in [2.24, 2.45) is 0 Å². The lowest BCUT2D eigenvalue weighted by atomic mass is 10.2. The zero-order chi connectivity index (χ0) is 21.8. The van der Waals surface area contributed by atoms with Crippen molar-refractivity contribution < 1.29 is 9.59 Å². The number of nitrogens with zero attached hydrogens (tertiary/aromatic N) is 3. The lowest BCUT2D eigenvalue weighted by Crippen LogP contribution is -2.51. The number of carbonyl (C=O) groups is 2. The van der Waals surface area contributed by atoms with Crippen LogP contribution in [0.1, 0.15) is 25.3 Å². The van der Waals surface area contributed by atoms with Crippen LogP contribution in [-0.4, -0.2) is 60.4 Å². The van der Waals surface area contributed by atoms with E-state index in [0.717, 1.165) is 50.5 Å². The van der Waals surface area contributed by atoms with Crippen molar-refractivity contribution in [3.63, 3.8) is 0 Å². The molecule has 0 unspecified atom stereocenters. The Kier molecular flexibility index (Phi) is 6.78. The van der Waals surface area contributed by atoms with Crippen molar-refractivity contribution in [3.8, 4) is 0 Å². The van der Waals surface area contributed by atoms with Gasteiger partial charge in [0.2, 0.25) is 11.8 Å².